The van der Waals surface area contributed by atoms with Crippen molar-refractivity contribution >= 4 is 17.6 Å². The number of ether oxygens (including phenoxy) is 1. The van der Waals surface area contributed by atoms with Gasteiger partial charge in [0.05, 0.1) is 17.8 Å². The van der Waals surface area contributed by atoms with Crippen LogP contribution in [0.25, 0.3) is 22.7 Å². The average Bonchev–Trinajstić information content (AvgIpc) is 3.13. The number of hydrogen-bond donors (Lipinski definition) is 1. The first-order valence-electron chi connectivity index (χ1n) is 9.82. The summed E-state index contributed by atoms with van der Waals surface area (Å²) in [6.45, 7) is 8.36. The molecule has 3 aromatic rings. The molecule has 0 spiro atoms. The first-order chi connectivity index (χ1) is 14.0. The molecule has 152 valence electrons. The summed E-state index contributed by atoms with van der Waals surface area (Å²) in [4.78, 5) is 15.6. The SMILES string of the molecule is C=Cc1cncc(-c2c(C(C)CCC(=O)O)c(COC)nn3c(CC)ccc23)c1. The van der Waals surface area contributed by atoms with Gasteiger partial charge in [-0.15, -0.1) is 0 Å². The molecule has 0 radical (unpaired) electrons. The van der Waals surface area contributed by atoms with Crippen LogP contribution >= 0.6 is 0 Å². The second-order valence-electron chi connectivity index (χ2n) is 7.19. The Morgan fingerprint density at radius 3 is 2.83 bits per heavy atom. The number of hydrogen-bond acceptors (Lipinski definition) is 4. The fourth-order valence-corrected chi connectivity index (χ4v) is 3.77. The largest absolute Gasteiger partial charge is 0.481 e. The number of aliphatic carboxylic acids is 1. The number of methoxy groups -OCH3 is 1. The molecule has 0 amide bonds. The number of aryl methyl sites for hydroxylation is 1. The van der Waals surface area contributed by atoms with Gasteiger partial charge in [0.1, 0.15) is 0 Å². The first-order valence-corrected chi connectivity index (χ1v) is 9.82. The van der Waals surface area contributed by atoms with E-state index in [0.29, 0.717) is 13.0 Å². The summed E-state index contributed by atoms with van der Waals surface area (Å²) < 4.78 is 7.43. The zero-order chi connectivity index (χ0) is 21.0. The topological polar surface area (TPSA) is 76.7 Å². The number of carbonyl (C=O) groups is 1. The lowest BCUT2D eigenvalue weighted by molar-refractivity contribution is -0.137. The first kappa shape index (κ1) is 20.7. The number of carboxylic acids is 1. The Hall–Kier alpha value is -2.99. The van der Waals surface area contributed by atoms with Crippen molar-refractivity contribution < 1.29 is 14.6 Å². The third-order valence-electron chi connectivity index (χ3n) is 5.20. The highest BCUT2D eigenvalue weighted by atomic mass is 16.5. The van der Waals surface area contributed by atoms with Gasteiger partial charge >= 0.3 is 5.97 Å². The van der Waals surface area contributed by atoms with Crippen LogP contribution < -0.4 is 0 Å². The van der Waals surface area contributed by atoms with Crippen LogP contribution in [0, 0.1) is 0 Å². The van der Waals surface area contributed by atoms with Crippen molar-refractivity contribution in [3.05, 3.63) is 59.7 Å². The maximum atomic E-state index is 11.2. The number of nitrogens with zero attached hydrogens (tertiary/aromatic N) is 3. The van der Waals surface area contributed by atoms with Gasteiger partial charge in [-0.05, 0) is 48.1 Å². The number of aromatic nitrogens is 3. The van der Waals surface area contributed by atoms with Crippen molar-refractivity contribution in [2.75, 3.05) is 7.11 Å². The molecule has 0 saturated heterocycles. The monoisotopic (exact) mass is 393 g/mol. The molecular formula is C23H27N3O3. The maximum absolute atomic E-state index is 11.2. The number of carboxylic acid groups (broad SMARTS) is 1. The van der Waals surface area contributed by atoms with E-state index in [-0.39, 0.29) is 12.3 Å². The van der Waals surface area contributed by atoms with Crippen molar-refractivity contribution in [1.29, 1.82) is 0 Å². The second-order valence-corrected chi connectivity index (χ2v) is 7.19. The van der Waals surface area contributed by atoms with Crippen molar-refractivity contribution in [3.63, 3.8) is 0 Å². The van der Waals surface area contributed by atoms with Crippen molar-refractivity contribution in [3.8, 4) is 11.1 Å². The fraction of sp³-hybridized carbons (Fsp3) is 0.348. The van der Waals surface area contributed by atoms with Crippen LogP contribution in [0.4, 0.5) is 0 Å². The van der Waals surface area contributed by atoms with Crippen LogP contribution in [-0.4, -0.2) is 32.8 Å². The van der Waals surface area contributed by atoms with E-state index in [0.717, 1.165) is 45.6 Å². The van der Waals surface area contributed by atoms with E-state index in [1.165, 1.54) is 0 Å². The molecule has 0 aromatic carbocycles. The number of pyridine rings is 1. The second kappa shape index (κ2) is 9.01. The van der Waals surface area contributed by atoms with Gasteiger partial charge in [-0.2, -0.15) is 5.10 Å². The third kappa shape index (κ3) is 4.22. The number of rotatable bonds is 9. The van der Waals surface area contributed by atoms with Gasteiger partial charge in [0.15, 0.2) is 0 Å². The number of fused-ring (bicyclic) bond motifs is 1. The molecule has 0 fully saturated rings. The van der Waals surface area contributed by atoms with Crippen molar-refractivity contribution in [1.82, 2.24) is 14.6 Å². The van der Waals surface area contributed by atoms with E-state index in [2.05, 4.69) is 36.7 Å². The molecule has 29 heavy (non-hydrogen) atoms. The molecule has 3 aromatic heterocycles. The molecule has 1 atom stereocenters. The lowest BCUT2D eigenvalue weighted by atomic mass is 9.87. The summed E-state index contributed by atoms with van der Waals surface area (Å²) >= 11 is 0. The molecule has 1 N–H and O–H groups in total. The summed E-state index contributed by atoms with van der Waals surface area (Å²) in [5, 5.41) is 14.1. The van der Waals surface area contributed by atoms with Gasteiger partial charge in [-0.25, -0.2) is 4.52 Å². The Morgan fingerprint density at radius 1 is 1.38 bits per heavy atom. The van der Waals surface area contributed by atoms with Crippen LogP contribution in [0.2, 0.25) is 0 Å². The minimum Gasteiger partial charge on any atom is -0.481 e. The standard InChI is InChI=1S/C23H27N3O3/c1-5-16-11-17(13-24-12-16)23-20-9-8-18(6-2)26(20)25-19(14-29-4)22(23)15(3)7-10-21(27)28/h5,8-9,11-13,15H,1,6-7,10,14H2,2-4H3,(H,27,28). The lowest BCUT2D eigenvalue weighted by Crippen LogP contribution is -2.12. The predicted molar refractivity (Wildman–Crippen MR) is 114 cm³/mol. The summed E-state index contributed by atoms with van der Waals surface area (Å²) in [5.41, 5.74) is 6.85. The van der Waals surface area contributed by atoms with Crippen LogP contribution in [0.5, 0.6) is 0 Å². The Labute approximate surface area is 170 Å². The van der Waals surface area contributed by atoms with E-state index in [1.807, 2.05) is 17.6 Å². The smallest absolute Gasteiger partial charge is 0.303 e. The maximum Gasteiger partial charge on any atom is 0.303 e. The van der Waals surface area contributed by atoms with E-state index >= 15 is 0 Å². The highest BCUT2D eigenvalue weighted by Gasteiger charge is 2.23. The van der Waals surface area contributed by atoms with Gasteiger partial charge < -0.3 is 9.84 Å². The molecule has 0 aliphatic heterocycles. The average molecular weight is 393 g/mol. The van der Waals surface area contributed by atoms with E-state index in [4.69, 9.17) is 9.84 Å². The fourth-order valence-electron chi connectivity index (χ4n) is 3.77. The van der Waals surface area contributed by atoms with E-state index < -0.39 is 5.97 Å². The molecule has 0 aliphatic carbocycles. The predicted octanol–water partition coefficient (Wildman–Crippen LogP) is 4.72. The van der Waals surface area contributed by atoms with Crippen molar-refractivity contribution in [2.24, 2.45) is 0 Å². The van der Waals surface area contributed by atoms with E-state index in [1.54, 1.807) is 19.4 Å². The van der Waals surface area contributed by atoms with Gasteiger partial charge in [0, 0.05) is 42.7 Å². The Balaban J connectivity index is 2.33. The summed E-state index contributed by atoms with van der Waals surface area (Å²) in [7, 11) is 1.65. The molecular weight excluding hydrogens is 366 g/mol. The molecule has 3 heterocycles. The minimum absolute atomic E-state index is 0.00360. The zero-order valence-corrected chi connectivity index (χ0v) is 17.2. The van der Waals surface area contributed by atoms with Gasteiger partial charge in [0.25, 0.3) is 0 Å². The quantitative estimate of drug-likeness (QED) is 0.569. The molecule has 0 saturated carbocycles. The minimum atomic E-state index is -0.799. The van der Waals surface area contributed by atoms with Crippen LogP contribution in [0.1, 0.15) is 55.1 Å². The Bertz CT molecular complexity index is 1040. The normalized spacial score (nSPS) is 12.2. The molecule has 6 heteroatoms. The van der Waals surface area contributed by atoms with Crippen LogP contribution in [0.15, 0.2) is 37.2 Å². The molecule has 3 rings (SSSR count). The molecule has 0 aliphatic rings. The van der Waals surface area contributed by atoms with Gasteiger partial charge in [-0.1, -0.05) is 26.5 Å². The van der Waals surface area contributed by atoms with Gasteiger partial charge in [-0.3, -0.25) is 9.78 Å². The molecule has 1 unspecified atom stereocenters. The summed E-state index contributed by atoms with van der Waals surface area (Å²) in [6, 6.07) is 6.21. The zero-order valence-electron chi connectivity index (χ0n) is 17.2. The Kier molecular flexibility index (Phi) is 6.44. The third-order valence-corrected chi connectivity index (χ3v) is 5.20. The molecule has 0 bridgehead atoms. The van der Waals surface area contributed by atoms with Crippen LogP contribution in [-0.2, 0) is 22.6 Å². The summed E-state index contributed by atoms with van der Waals surface area (Å²) in [6.07, 6.45) is 6.86. The van der Waals surface area contributed by atoms with Crippen molar-refractivity contribution in [2.45, 2.75) is 45.6 Å². The Morgan fingerprint density at radius 2 is 2.17 bits per heavy atom. The summed E-state index contributed by atoms with van der Waals surface area (Å²) in [5.74, 6) is -0.803. The van der Waals surface area contributed by atoms with Crippen LogP contribution in [0.3, 0.4) is 0 Å². The lowest BCUT2D eigenvalue weighted by Gasteiger charge is -2.21. The highest BCUT2D eigenvalue weighted by Crippen LogP contribution is 2.38. The molecule has 6 nitrogen and oxygen atoms in total. The van der Waals surface area contributed by atoms with E-state index in [9.17, 15) is 9.90 Å². The van der Waals surface area contributed by atoms with Gasteiger partial charge in [0.2, 0.25) is 0 Å². The highest BCUT2D eigenvalue weighted by molar-refractivity contribution is 5.85.